The standard InChI is InChI=1S/C14H14N3O6P/c1-24(14-9-5-4-8-13(14)22-17(20)21)23-15-10-11-6-2-3-7-12(11)16(18)19/h2-9,15H,10H2,1H3. The Morgan fingerprint density at radius 2 is 1.75 bits per heavy atom. The van der Waals surface area contributed by atoms with E-state index in [0.717, 1.165) is 0 Å². The van der Waals surface area contributed by atoms with Gasteiger partial charge in [0.1, 0.15) is 5.75 Å². The summed E-state index contributed by atoms with van der Waals surface area (Å²) in [5.41, 5.74) is 3.14. The average molecular weight is 351 g/mol. The topological polar surface area (TPSA) is 117 Å². The van der Waals surface area contributed by atoms with Gasteiger partial charge in [-0.15, -0.1) is 10.1 Å². The van der Waals surface area contributed by atoms with Crippen LogP contribution < -0.4 is 15.6 Å². The molecule has 0 spiro atoms. The lowest BCUT2D eigenvalue weighted by Gasteiger charge is -2.15. The van der Waals surface area contributed by atoms with Crippen LogP contribution in [0, 0.1) is 20.2 Å². The summed E-state index contributed by atoms with van der Waals surface area (Å²) < 4.78 is 5.48. The summed E-state index contributed by atoms with van der Waals surface area (Å²) in [4.78, 5) is 25.5. The molecule has 0 aliphatic carbocycles. The molecule has 1 N–H and O–H groups in total. The molecule has 1 atom stereocenters. The largest absolute Gasteiger partial charge is 0.299 e. The van der Waals surface area contributed by atoms with Crippen molar-refractivity contribution in [2.45, 2.75) is 6.54 Å². The van der Waals surface area contributed by atoms with Crippen LogP contribution in [0.4, 0.5) is 5.69 Å². The molecule has 0 aliphatic rings. The first-order chi connectivity index (χ1) is 11.5. The molecule has 0 heterocycles. The first kappa shape index (κ1) is 17.7. The van der Waals surface area contributed by atoms with Crippen LogP contribution in [0.1, 0.15) is 5.56 Å². The summed E-state index contributed by atoms with van der Waals surface area (Å²) >= 11 is 0. The second kappa shape index (κ2) is 8.30. The van der Waals surface area contributed by atoms with Crippen LogP contribution in [0.3, 0.4) is 0 Å². The summed E-state index contributed by atoms with van der Waals surface area (Å²) in [6, 6.07) is 12.8. The predicted octanol–water partition coefficient (Wildman–Crippen LogP) is 2.54. The molecule has 0 radical (unpaired) electrons. The van der Waals surface area contributed by atoms with E-state index in [9.17, 15) is 20.2 Å². The second-order valence-electron chi connectivity index (χ2n) is 4.58. The van der Waals surface area contributed by atoms with Crippen LogP contribution in [0.5, 0.6) is 5.75 Å². The maximum absolute atomic E-state index is 10.9. The number of hydrogen-bond donors (Lipinski definition) is 1. The summed E-state index contributed by atoms with van der Waals surface area (Å²) in [6.45, 7) is 1.87. The van der Waals surface area contributed by atoms with Gasteiger partial charge >= 0.3 is 0 Å². The van der Waals surface area contributed by atoms with Gasteiger partial charge in [0.15, 0.2) is 0 Å². The first-order valence-electron chi connectivity index (χ1n) is 6.76. The van der Waals surface area contributed by atoms with Crippen LogP contribution in [0.15, 0.2) is 48.5 Å². The first-order valence-corrected chi connectivity index (χ1v) is 8.47. The highest BCUT2D eigenvalue weighted by atomic mass is 31.1. The van der Waals surface area contributed by atoms with Crippen molar-refractivity contribution in [3.63, 3.8) is 0 Å². The molecule has 2 rings (SSSR count). The number of rotatable bonds is 8. The Kier molecular flexibility index (Phi) is 6.14. The zero-order valence-corrected chi connectivity index (χ0v) is 13.5. The Hall–Kier alpha value is -2.61. The van der Waals surface area contributed by atoms with Gasteiger partial charge in [0.25, 0.3) is 10.8 Å². The van der Waals surface area contributed by atoms with Gasteiger partial charge in [-0.1, -0.05) is 30.3 Å². The average Bonchev–Trinajstić information content (AvgIpc) is 2.55. The Morgan fingerprint density at radius 3 is 2.46 bits per heavy atom. The monoisotopic (exact) mass is 351 g/mol. The van der Waals surface area contributed by atoms with Crippen molar-refractivity contribution >= 4 is 19.1 Å². The number of hydroxylamine groups is 1. The summed E-state index contributed by atoms with van der Waals surface area (Å²) in [5.74, 6) is 0.101. The van der Waals surface area contributed by atoms with E-state index in [-0.39, 0.29) is 18.0 Å². The van der Waals surface area contributed by atoms with E-state index in [2.05, 4.69) is 10.3 Å². The SMILES string of the molecule is CP(ONCc1ccccc1[N+](=O)[O-])c1ccccc1O[N+](=O)[O-]. The Bertz CT molecular complexity index is 742. The summed E-state index contributed by atoms with van der Waals surface area (Å²) in [7, 11) is -1.26. The van der Waals surface area contributed by atoms with E-state index < -0.39 is 18.2 Å². The molecule has 2 aromatic rings. The molecule has 10 heteroatoms. The van der Waals surface area contributed by atoms with Crippen LogP contribution in [-0.4, -0.2) is 16.7 Å². The smallest absolute Gasteiger partial charge is 0.275 e. The van der Waals surface area contributed by atoms with Crippen LogP contribution >= 0.6 is 8.15 Å². The number of benzene rings is 2. The van der Waals surface area contributed by atoms with Crippen molar-refractivity contribution in [2.75, 3.05) is 6.66 Å². The van der Waals surface area contributed by atoms with Crippen molar-refractivity contribution < 1.29 is 19.5 Å². The Morgan fingerprint density at radius 1 is 1.08 bits per heavy atom. The number of para-hydroxylation sites is 2. The summed E-state index contributed by atoms with van der Waals surface area (Å²) in [5, 5.41) is 21.1. The Labute approximate surface area is 138 Å². The van der Waals surface area contributed by atoms with Crippen molar-refractivity contribution in [1.29, 1.82) is 0 Å². The van der Waals surface area contributed by atoms with Gasteiger partial charge in [-0.3, -0.25) is 19.6 Å². The van der Waals surface area contributed by atoms with E-state index in [1.807, 2.05) is 0 Å². The van der Waals surface area contributed by atoms with Crippen LogP contribution in [0.2, 0.25) is 0 Å². The van der Waals surface area contributed by atoms with Crippen molar-refractivity contribution in [1.82, 2.24) is 5.48 Å². The van der Waals surface area contributed by atoms with Gasteiger partial charge in [-0.2, -0.15) is 5.48 Å². The van der Waals surface area contributed by atoms with Crippen LogP contribution in [0.25, 0.3) is 0 Å². The van der Waals surface area contributed by atoms with Crippen molar-refractivity contribution in [3.8, 4) is 5.75 Å². The van der Waals surface area contributed by atoms with Gasteiger partial charge in [0.2, 0.25) is 0 Å². The number of nitro benzene ring substituents is 1. The van der Waals surface area contributed by atoms with E-state index in [1.54, 1.807) is 43.1 Å². The molecule has 0 fully saturated rings. The van der Waals surface area contributed by atoms with E-state index >= 15 is 0 Å². The molecule has 0 bridgehead atoms. The third-order valence-corrected chi connectivity index (χ3v) is 4.48. The second-order valence-corrected chi connectivity index (χ2v) is 6.24. The summed E-state index contributed by atoms with van der Waals surface area (Å²) in [6.07, 6.45) is 0. The maximum Gasteiger partial charge on any atom is 0.299 e. The molecule has 0 amide bonds. The fourth-order valence-corrected chi connectivity index (χ4v) is 3.05. The molecular formula is C14H14N3O6P. The zero-order chi connectivity index (χ0) is 17.5. The third kappa shape index (κ3) is 4.69. The molecule has 126 valence electrons. The number of nitro groups is 1. The Balaban J connectivity index is 2.01. The fourth-order valence-electron chi connectivity index (χ4n) is 1.97. The van der Waals surface area contributed by atoms with E-state index in [0.29, 0.717) is 10.9 Å². The molecule has 1 unspecified atom stereocenters. The lowest BCUT2D eigenvalue weighted by Crippen LogP contribution is -2.18. The number of nitrogens with zero attached hydrogens (tertiary/aromatic N) is 2. The molecule has 0 aliphatic heterocycles. The predicted molar refractivity (Wildman–Crippen MR) is 87.6 cm³/mol. The molecule has 9 nitrogen and oxygen atoms in total. The highest BCUT2D eigenvalue weighted by Gasteiger charge is 2.16. The normalized spacial score (nSPS) is 11.7. The van der Waals surface area contributed by atoms with Crippen LogP contribution in [-0.2, 0) is 11.2 Å². The minimum Gasteiger partial charge on any atom is -0.275 e. The van der Waals surface area contributed by atoms with E-state index in [1.165, 1.54) is 12.1 Å². The van der Waals surface area contributed by atoms with Gasteiger partial charge < -0.3 is 0 Å². The lowest BCUT2D eigenvalue weighted by atomic mass is 10.2. The minimum absolute atomic E-state index is 0.00823. The minimum atomic E-state index is -1.26. The zero-order valence-electron chi connectivity index (χ0n) is 12.6. The molecule has 2 aromatic carbocycles. The fraction of sp³-hybridized carbons (Fsp3) is 0.143. The van der Waals surface area contributed by atoms with Gasteiger partial charge in [-0.05, 0) is 18.8 Å². The molecule has 0 saturated heterocycles. The molecule has 0 saturated carbocycles. The lowest BCUT2D eigenvalue weighted by molar-refractivity contribution is -0.710. The van der Waals surface area contributed by atoms with Gasteiger partial charge in [0, 0.05) is 16.9 Å². The highest BCUT2D eigenvalue weighted by molar-refractivity contribution is 7.60. The van der Waals surface area contributed by atoms with Gasteiger partial charge in [0.05, 0.1) is 19.6 Å². The van der Waals surface area contributed by atoms with Gasteiger partial charge in [-0.25, -0.2) is 0 Å². The molecule has 0 aromatic heterocycles. The quantitative estimate of drug-likeness (QED) is 0.441. The highest BCUT2D eigenvalue weighted by Crippen LogP contribution is 2.34. The number of nitrogens with one attached hydrogen (secondary N) is 1. The van der Waals surface area contributed by atoms with E-state index in [4.69, 9.17) is 4.62 Å². The molecule has 24 heavy (non-hydrogen) atoms. The maximum atomic E-state index is 10.9. The van der Waals surface area contributed by atoms with Crippen molar-refractivity contribution in [3.05, 3.63) is 74.3 Å². The van der Waals surface area contributed by atoms with Crippen molar-refractivity contribution in [2.24, 2.45) is 0 Å². The molecular weight excluding hydrogens is 337 g/mol. The third-order valence-electron chi connectivity index (χ3n) is 3.03. The number of hydrogen-bond acceptors (Lipinski definition) is 7.